The largest absolute Gasteiger partial charge is 0.380 e. The molecule has 0 unspecified atom stereocenters. The molecule has 1 fully saturated rings. The van der Waals surface area contributed by atoms with Crippen LogP contribution in [0, 0.1) is 0 Å². The van der Waals surface area contributed by atoms with Gasteiger partial charge in [0.2, 0.25) is 0 Å². The summed E-state index contributed by atoms with van der Waals surface area (Å²) in [6.07, 6.45) is 6.72. The number of piperidine rings is 1. The fourth-order valence-corrected chi connectivity index (χ4v) is 4.10. The SMILES string of the molecule is Cn1nc2cc(N3CCNc4cc(C(=O)N5CCCCC5)cnc43)ccn2c1=O. The number of nitrogens with zero attached hydrogens (tertiary/aromatic N) is 6. The van der Waals surface area contributed by atoms with Crippen LogP contribution in [-0.2, 0) is 7.05 Å². The Morgan fingerprint density at radius 1 is 1.14 bits per heavy atom. The van der Waals surface area contributed by atoms with Crippen LogP contribution in [0.25, 0.3) is 5.65 Å². The maximum absolute atomic E-state index is 12.8. The van der Waals surface area contributed by atoms with Crippen LogP contribution in [0.4, 0.5) is 17.2 Å². The van der Waals surface area contributed by atoms with Crippen molar-refractivity contribution in [1.29, 1.82) is 0 Å². The zero-order valence-corrected chi connectivity index (χ0v) is 16.3. The molecule has 29 heavy (non-hydrogen) atoms. The summed E-state index contributed by atoms with van der Waals surface area (Å²) in [7, 11) is 1.64. The van der Waals surface area contributed by atoms with E-state index in [1.54, 1.807) is 19.4 Å². The fourth-order valence-electron chi connectivity index (χ4n) is 4.10. The van der Waals surface area contributed by atoms with Gasteiger partial charge in [-0.3, -0.25) is 9.20 Å². The lowest BCUT2D eigenvalue weighted by molar-refractivity contribution is 0.0724. The minimum atomic E-state index is -0.175. The lowest BCUT2D eigenvalue weighted by Crippen LogP contribution is -2.36. The highest BCUT2D eigenvalue weighted by molar-refractivity contribution is 5.96. The Labute approximate surface area is 167 Å². The molecule has 5 rings (SSSR count). The molecule has 1 amide bonds. The van der Waals surface area contributed by atoms with E-state index in [-0.39, 0.29) is 11.6 Å². The zero-order chi connectivity index (χ0) is 20.0. The first-order chi connectivity index (χ1) is 14.1. The third-order valence-corrected chi connectivity index (χ3v) is 5.63. The number of aromatic nitrogens is 4. The lowest BCUT2D eigenvalue weighted by Gasteiger charge is -2.31. The van der Waals surface area contributed by atoms with Gasteiger partial charge in [0.1, 0.15) is 0 Å². The highest BCUT2D eigenvalue weighted by Gasteiger charge is 2.24. The highest BCUT2D eigenvalue weighted by Crippen LogP contribution is 2.33. The molecule has 1 saturated heterocycles. The standard InChI is InChI=1S/C20H23N7O2/c1-24-20(29)27-9-5-15(12-17(27)23-24)26-10-6-21-16-11-14(13-22-18(16)26)19(28)25-7-3-2-4-8-25/h5,9,11-13,21H,2-4,6-8,10H2,1H3. The van der Waals surface area contributed by atoms with E-state index in [1.165, 1.54) is 15.5 Å². The van der Waals surface area contributed by atoms with Gasteiger partial charge < -0.3 is 15.1 Å². The van der Waals surface area contributed by atoms with E-state index < -0.39 is 0 Å². The van der Waals surface area contributed by atoms with Crippen molar-refractivity contribution in [1.82, 2.24) is 24.1 Å². The second-order valence-corrected chi connectivity index (χ2v) is 7.55. The summed E-state index contributed by atoms with van der Waals surface area (Å²) >= 11 is 0. The Hall–Kier alpha value is -3.36. The molecule has 3 aromatic rings. The summed E-state index contributed by atoms with van der Waals surface area (Å²) in [4.78, 5) is 33.5. The summed E-state index contributed by atoms with van der Waals surface area (Å²) < 4.78 is 2.84. The van der Waals surface area contributed by atoms with Crippen molar-refractivity contribution in [2.75, 3.05) is 36.4 Å². The summed E-state index contributed by atoms with van der Waals surface area (Å²) in [5.74, 6) is 0.822. The van der Waals surface area contributed by atoms with E-state index >= 15 is 0 Å². The van der Waals surface area contributed by atoms with Crippen LogP contribution in [0.3, 0.4) is 0 Å². The Morgan fingerprint density at radius 3 is 2.79 bits per heavy atom. The predicted octanol–water partition coefficient (Wildman–Crippen LogP) is 1.62. The molecule has 1 N–H and O–H groups in total. The van der Waals surface area contributed by atoms with Crippen LogP contribution in [0.5, 0.6) is 0 Å². The smallest absolute Gasteiger partial charge is 0.350 e. The van der Waals surface area contributed by atoms with Crippen LogP contribution < -0.4 is 15.9 Å². The number of carbonyl (C=O) groups is 1. The van der Waals surface area contributed by atoms with Gasteiger partial charge in [-0.15, -0.1) is 0 Å². The number of hydrogen-bond acceptors (Lipinski definition) is 6. The van der Waals surface area contributed by atoms with Gasteiger partial charge in [-0.2, -0.15) is 5.10 Å². The van der Waals surface area contributed by atoms with E-state index in [4.69, 9.17) is 0 Å². The van der Waals surface area contributed by atoms with Gasteiger partial charge in [-0.25, -0.2) is 14.5 Å². The second-order valence-electron chi connectivity index (χ2n) is 7.55. The molecule has 3 aromatic heterocycles. The minimum absolute atomic E-state index is 0.0493. The van der Waals surface area contributed by atoms with Gasteiger partial charge >= 0.3 is 5.69 Å². The number of aryl methyl sites for hydroxylation is 1. The summed E-state index contributed by atoms with van der Waals surface area (Å²) in [5.41, 5.74) is 2.79. The van der Waals surface area contributed by atoms with Gasteiger partial charge in [-0.05, 0) is 31.4 Å². The number of hydrogen-bond donors (Lipinski definition) is 1. The molecule has 0 saturated carbocycles. The van der Waals surface area contributed by atoms with E-state index in [0.29, 0.717) is 11.2 Å². The van der Waals surface area contributed by atoms with Gasteiger partial charge in [0.25, 0.3) is 5.91 Å². The first kappa shape index (κ1) is 17.7. The van der Waals surface area contributed by atoms with E-state index in [0.717, 1.165) is 56.2 Å². The van der Waals surface area contributed by atoms with Crippen molar-refractivity contribution in [3.05, 3.63) is 46.6 Å². The molecule has 2 aliphatic heterocycles. The molecule has 150 valence electrons. The predicted molar refractivity (Wildman–Crippen MR) is 110 cm³/mol. The topological polar surface area (TPSA) is 87.8 Å². The molecule has 0 aromatic carbocycles. The van der Waals surface area contributed by atoms with Gasteiger partial charge in [0, 0.05) is 57.4 Å². The molecule has 0 spiro atoms. The van der Waals surface area contributed by atoms with Gasteiger partial charge in [-0.1, -0.05) is 0 Å². The lowest BCUT2D eigenvalue weighted by atomic mass is 10.1. The third-order valence-electron chi connectivity index (χ3n) is 5.63. The molecular formula is C20H23N7O2. The first-order valence-electron chi connectivity index (χ1n) is 9.98. The van der Waals surface area contributed by atoms with Gasteiger partial charge in [0.15, 0.2) is 11.5 Å². The molecule has 0 radical (unpaired) electrons. The summed E-state index contributed by atoms with van der Waals surface area (Å²) in [6, 6.07) is 5.67. The Bertz CT molecular complexity index is 1140. The number of amides is 1. The van der Waals surface area contributed by atoms with Crippen LogP contribution in [0.1, 0.15) is 29.6 Å². The molecule has 0 aliphatic carbocycles. The van der Waals surface area contributed by atoms with Crippen LogP contribution in [0.15, 0.2) is 35.4 Å². The van der Waals surface area contributed by atoms with Gasteiger partial charge in [0.05, 0.1) is 11.3 Å². The number of fused-ring (bicyclic) bond motifs is 2. The molecular weight excluding hydrogens is 370 g/mol. The van der Waals surface area contributed by atoms with Crippen molar-refractivity contribution in [2.24, 2.45) is 7.05 Å². The van der Waals surface area contributed by atoms with Crippen LogP contribution in [-0.4, -0.2) is 56.2 Å². The van der Waals surface area contributed by atoms with Crippen molar-refractivity contribution in [3.8, 4) is 0 Å². The molecule has 2 aliphatic rings. The Morgan fingerprint density at radius 2 is 1.97 bits per heavy atom. The summed E-state index contributed by atoms with van der Waals surface area (Å²) in [5, 5.41) is 7.63. The van der Waals surface area contributed by atoms with Crippen LogP contribution >= 0.6 is 0 Å². The van der Waals surface area contributed by atoms with E-state index in [1.807, 2.05) is 23.1 Å². The third kappa shape index (κ3) is 3.02. The van der Waals surface area contributed by atoms with Crippen molar-refractivity contribution in [2.45, 2.75) is 19.3 Å². The fraction of sp³-hybridized carbons (Fsp3) is 0.400. The molecule has 0 atom stereocenters. The summed E-state index contributed by atoms with van der Waals surface area (Å²) in [6.45, 7) is 3.10. The average molecular weight is 393 g/mol. The molecule has 0 bridgehead atoms. The van der Waals surface area contributed by atoms with Crippen molar-refractivity contribution >= 4 is 28.7 Å². The number of nitrogens with one attached hydrogen (secondary N) is 1. The highest BCUT2D eigenvalue weighted by atomic mass is 16.2. The van der Waals surface area contributed by atoms with Crippen molar-refractivity contribution < 1.29 is 4.79 Å². The maximum atomic E-state index is 12.8. The first-order valence-corrected chi connectivity index (χ1v) is 9.98. The molecule has 9 nitrogen and oxygen atoms in total. The monoisotopic (exact) mass is 393 g/mol. The van der Waals surface area contributed by atoms with E-state index in [2.05, 4.69) is 20.3 Å². The molecule has 9 heteroatoms. The van der Waals surface area contributed by atoms with Crippen LogP contribution in [0.2, 0.25) is 0 Å². The normalized spacial score (nSPS) is 16.6. The number of pyridine rings is 2. The quantitative estimate of drug-likeness (QED) is 0.712. The average Bonchev–Trinajstić information content (AvgIpc) is 3.06. The number of carbonyl (C=O) groups excluding carboxylic acids is 1. The molecule has 5 heterocycles. The number of rotatable bonds is 2. The number of likely N-dealkylation sites (tertiary alicyclic amines) is 1. The van der Waals surface area contributed by atoms with Crippen molar-refractivity contribution in [3.63, 3.8) is 0 Å². The zero-order valence-electron chi connectivity index (χ0n) is 16.3. The van der Waals surface area contributed by atoms with E-state index in [9.17, 15) is 9.59 Å². The minimum Gasteiger partial charge on any atom is -0.380 e. The Balaban J connectivity index is 1.48. The maximum Gasteiger partial charge on any atom is 0.350 e. The number of anilines is 3. The Kier molecular flexibility index (Phi) is 4.22. The second kappa shape index (κ2) is 6.91.